The lowest BCUT2D eigenvalue weighted by molar-refractivity contribution is -0.150. The molecule has 1 aromatic heterocycles. The van der Waals surface area contributed by atoms with Crippen LogP contribution in [0.1, 0.15) is 10.6 Å². The Morgan fingerprint density at radius 3 is 3.00 bits per heavy atom. The van der Waals surface area contributed by atoms with E-state index in [2.05, 4.69) is 9.72 Å². The van der Waals surface area contributed by atoms with Gasteiger partial charge in [-0.3, -0.25) is 0 Å². The van der Waals surface area contributed by atoms with E-state index in [0.717, 1.165) is 10.6 Å². The molecule has 1 atom stereocenters. The zero-order valence-electron chi connectivity index (χ0n) is 7.48. The Hall–Kier alpha value is -0.940. The Morgan fingerprint density at radius 1 is 1.85 bits per heavy atom. The predicted octanol–water partition coefficient (Wildman–Crippen LogP) is 0.528. The van der Waals surface area contributed by atoms with Crippen molar-refractivity contribution in [2.45, 2.75) is 19.4 Å². The number of nitrogens with zero attached hydrogens (tertiary/aromatic N) is 1. The van der Waals surface area contributed by atoms with E-state index in [1.165, 1.54) is 18.4 Å². The highest BCUT2D eigenvalue weighted by atomic mass is 32.1. The summed E-state index contributed by atoms with van der Waals surface area (Å²) >= 11 is 1.43. The van der Waals surface area contributed by atoms with Gasteiger partial charge >= 0.3 is 5.97 Å². The van der Waals surface area contributed by atoms with Crippen molar-refractivity contribution >= 4 is 17.3 Å². The SMILES string of the molecule is COC(=O)C(O)Cc1scnc1C. The summed E-state index contributed by atoms with van der Waals surface area (Å²) in [7, 11) is 1.26. The lowest BCUT2D eigenvalue weighted by Crippen LogP contribution is -2.23. The predicted molar refractivity (Wildman–Crippen MR) is 48.6 cm³/mol. The van der Waals surface area contributed by atoms with Crippen LogP contribution in [0.15, 0.2) is 5.51 Å². The van der Waals surface area contributed by atoms with Crippen molar-refractivity contribution in [1.82, 2.24) is 4.98 Å². The van der Waals surface area contributed by atoms with E-state index in [0.29, 0.717) is 0 Å². The van der Waals surface area contributed by atoms with Gasteiger partial charge in [0, 0.05) is 11.3 Å². The maximum atomic E-state index is 10.9. The Balaban J connectivity index is 2.59. The summed E-state index contributed by atoms with van der Waals surface area (Å²) in [5, 5.41) is 9.32. The van der Waals surface area contributed by atoms with Crippen LogP contribution in [0.5, 0.6) is 0 Å². The van der Waals surface area contributed by atoms with E-state index in [-0.39, 0.29) is 6.42 Å². The molecule has 0 bridgehead atoms. The largest absolute Gasteiger partial charge is 0.467 e. The molecule has 0 radical (unpaired) electrons. The number of rotatable bonds is 3. The lowest BCUT2D eigenvalue weighted by Gasteiger charge is -2.06. The third-order valence-corrected chi connectivity index (χ3v) is 2.65. The molecule has 13 heavy (non-hydrogen) atoms. The van der Waals surface area contributed by atoms with E-state index in [1.807, 2.05) is 6.92 Å². The van der Waals surface area contributed by atoms with Crippen LogP contribution in [0.2, 0.25) is 0 Å². The molecule has 0 spiro atoms. The number of methoxy groups -OCH3 is 1. The summed E-state index contributed by atoms with van der Waals surface area (Å²) in [4.78, 5) is 15.8. The third kappa shape index (κ3) is 2.50. The zero-order chi connectivity index (χ0) is 9.84. The first-order valence-corrected chi connectivity index (χ1v) is 4.68. The molecule has 1 rings (SSSR count). The minimum absolute atomic E-state index is 0.281. The van der Waals surface area contributed by atoms with Gasteiger partial charge in [-0.1, -0.05) is 0 Å². The average Bonchev–Trinajstić information content (AvgIpc) is 2.50. The first-order valence-electron chi connectivity index (χ1n) is 3.80. The number of aliphatic hydroxyl groups excluding tert-OH is 1. The Bertz CT molecular complexity index is 297. The van der Waals surface area contributed by atoms with Gasteiger partial charge in [0.15, 0.2) is 6.10 Å². The number of aryl methyl sites for hydroxylation is 1. The number of hydrogen-bond donors (Lipinski definition) is 1. The highest BCUT2D eigenvalue weighted by Gasteiger charge is 2.17. The molecule has 0 fully saturated rings. The second-order valence-electron chi connectivity index (χ2n) is 2.60. The first kappa shape index (κ1) is 10.1. The van der Waals surface area contributed by atoms with Crippen molar-refractivity contribution in [3.63, 3.8) is 0 Å². The molecule has 0 aliphatic carbocycles. The smallest absolute Gasteiger partial charge is 0.335 e. The van der Waals surface area contributed by atoms with Crippen LogP contribution in [-0.4, -0.2) is 29.3 Å². The van der Waals surface area contributed by atoms with Crippen LogP contribution >= 0.6 is 11.3 Å². The second-order valence-corrected chi connectivity index (χ2v) is 3.54. The fourth-order valence-electron chi connectivity index (χ4n) is 0.917. The molecular weight excluding hydrogens is 190 g/mol. The van der Waals surface area contributed by atoms with Gasteiger partial charge < -0.3 is 9.84 Å². The van der Waals surface area contributed by atoms with Gasteiger partial charge in [-0.2, -0.15) is 0 Å². The van der Waals surface area contributed by atoms with E-state index < -0.39 is 12.1 Å². The topological polar surface area (TPSA) is 59.4 Å². The van der Waals surface area contributed by atoms with Gasteiger partial charge in [0.25, 0.3) is 0 Å². The molecule has 0 aliphatic heterocycles. The number of esters is 1. The summed E-state index contributed by atoms with van der Waals surface area (Å²) in [5.74, 6) is -0.604. The molecule has 0 aliphatic rings. The van der Waals surface area contributed by atoms with Crippen molar-refractivity contribution in [3.8, 4) is 0 Å². The van der Waals surface area contributed by atoms with Gasteiger partial charge in [-0.15, -0.1) is 11.3 Å². The molecule has 72 valence electrons. The molecule has 1 aromatic rings. The summed E-state index contributed by atoms with van der Waals surface area (Å²) in [6, 6.07) is 0. The van der Waals surface area contributed by atoms with Crippen molar-refractivity contribution < 1.29 is 14.6 Å². The van der Waals surface area contributed by atoms with Crippen LogP contribution in [0.3, 0.4) is 0 Å². The molecule has 1 N–H and O–H groups in total. The number of aromatic nitrogens is 1. The number of aliphatic hydroxyl groups is 1. The number of hydrogen-bond acceptors (Lipinski definition) is 5. The van der Waals surface area contributed by atoms with Gasteiger partial charge in [0.2, 0.25) is 0 Å². The maximum absolute atomic E-state index is 10.9. The van der Waals surface area contributed by atoms with Crippen molar-refractivity contribution in [2.75, 3.05) is 7.11 Å². The fourth-order valence-corrected chi connectivity index (χ4v) is 1.73. The van der Waals surface area contributed by atoms with Gasteiger partial charge in [0.1, 0.15) is 0 Å². The van der Waals surface area contributed by atoms with Crippen LogP contribution in [0.25, 0.3) is 0 Å². The Morgan fingerprint density at radius 2 is 2.54 bits per heavy atom. The minimum Gasteiger partial charge on any atom is -0.467 e. The number of ether oxygens (including phenoxy) is 1. The van der Waals surface area contributed by atoms with E-state index in [9.17, 15) is 9.90 Å². The summed E-state index contributed by atoms with van der Waals surface area (Å²) in [6.07, 6.45) is -0.799. The van der Waals surface area contributed by atoms with Crippen LogP contribution < -0.4 is 0 Å². The normalized spacial score (nSPS) is 12.5. The van der Waals surface area contributed by atoms with Crippen molar-refractivity contribution in [2.24, 2.45) is 0 Å². The average molecular weight is 201 g/mol. The molecule has 0 aromatic carbocycles. The van der Waals surface area contributed by atoms with Crippen LogP contribution in [0.4, 0.5) is 0 Å². The quantitative estimate of drug-likeness (QED) is 0.725. The minimum atomic E-state index is -1.08. The summed E-state index contributed by atoms with van der Waals surface area (Å²) in [6.45, 7) is 1.84. The number of thiazole rings is 1. The van der Waals surface area contributed by atoms with Crippen molar-refractivity contribution in [1.29, 1.82) is 0 Å². The summed E-state index contributed by atoms with van der Waals surface area (Å²) < 4.78 is 4.40. The summed E-state index contributed by atoms with van der Waals surface area (Å²) in [5.41, 5.74) is 2.54. The molecule has 1 heterocycles. The molecule has 1 unspecified atom stereocenters. The molecule has 0 saturated heterocycles. The number of carbonyl (C=O) groups excluding carboxylic acids is 1. The molecule has 0 saturated carbocycles. The van der Waals surface area contributed by atoms with Crippen LogP contribution in [-0.2, 0) is 16.0 Å². The zero-order valence-corrected chi connectivity index (χ0v) is 8.30. The molecule has 4 nitrogen and oxygen atoms in total. The van der Waals surface area contributed by atoms with Gasteiger partial charge in [0.05, 0.1) is 18.3 Å². The fraction of sp³-hybridized carbons (Fsp3) is 0.500. The number of carbonyl (C=O) groups is 1. The van der Waals surface area contributed by atoms with E-state index in [4.69, 9.17) is 0 Å². The third-order valence-electron chi connectivity index (χ3n) is 1.70. The highest BCUT2D eigenvalue weighted by molar-refractivity contribution is 7.09. The van der Waals surface area contributed by atoms with E-state index >= 15 is 0 Å². The molecule has 0 amide bonds. The highest BCUT2D eigenvalue weighted by Crippen LogP contribution is 2.14. The maximum Gasteiger partial charge on any atom is 0.335 e. The first-order chi connectivity index (χ1) is 6.15. The van der Waals surface area contributed by atoms with Gasteiger partial charge in [-0.25, -0.2) is 9.78 Å². The Labute approximate surface area is 80.2 Å². The Kier molecular flexibility index (Phi) is 3.39. The molecular formula is C8H11NO3S. The van der Waals surface area contributed by atoms with Gasteiger partial charge in [-0.05, 0) is 6.92 Å². The molecule has 5 heteroatoms. The lowest BCUT2D eigenvalue weighted by atomic mass is 10.2. The van der Waals surface area contributed by atoms with E-state index in [1.54, 1.807) is 5.51 Å². The van der Waals surface area contributed by atoms with Crippen molar-refractivity contribution in [3.05, 3.63) is 16.1 Å². The monoisotopic (exact) mass is 201 g/mol. The second kappa shape index (κ2) is 4.34. The standard InChI is InChI=1S/C8H11NO3S/c1-5-7(13-4-9-5)3-6(10)8(11)12-2/h4,6,10H,3H2,1-2H3. The van der Waals surface area contributed by atoms with Crippen LogP contribution in [0, 0.1) is 6.92 Å².